The molecule has 0 aromatic heterocycles. The average molecular weight is 290 g/mol. The van der Waals surface area contributed by atoms with Gasteiger partial charge in [-0.2, -0.15) is 0 Å². The molecule has 0 aliphatic carbocycles. The van der Waals surface area contributed by atoms with Gasteiger partial charge in [0.05, 0.1) is 12.2 Å². The maximum Gasteiger partial charge on any atom is 0.237 e. The second-order valence-electron chi connectivity index (χ2n) is 3.07. The van der Waals surface area contributed by atoms with Crippen molar-refractivity contribution >= 4 is 40.3 Å². The highest BCUT2D eigenvalue weighted by Crippen LogP contribution is 2.40. The van der Waals surface area contributed by atoms with Gasteiger partial charge in [-0.25, -0.2) is 0 Å². The summed E-state index contributed by atoms with van der Waals surface area (Å²) in [5.41, 5.74) is 11.8. The summed E-state index contributed by atoms with van der Waals surface area (Å²) < 4.78 is 0. The number of halogens is 1. The maximum absolute atomic E-state index is 10.8. The van der Waals surface area contributed by atoms with Crippen LogP contribution >= 0.6 is 28.7 Å². The first-order valence-corrected chi connectivity index (χ1v) is 5.12. The molecule has 6 heteroatoms. The van der Waals surface area contributed by atoms with Gasteiger partial charge in [0.25, 0.3) is 0 Å². The topological polar surface area (TPSA) is 72.4 Å². The van der Waals surface area contributed by atoms with Crippen molar-refractivity contribution in [2.75, 3.05) is 11.4 Å². The Labute approximate surface area is 103 Å². The van der Waals surface area contributed by atoms with Crippen LogP contribution in [0.25, 0.3) is 0 Å². The van der Waals surface area contributed by atoms with Crippen LogP contribution in [0.3, 0.4) is 0 Å². The van der Waals surface area contributed by atoms with E-state index in [2.05, 4.69) is 0 Å². The number of thioether (sulfide) groups is 1. The van der Waals surface area contributed by atoms with Crippen LogP contribution in [0.2, 0.25) is 0 Å². The Kier molecular flexibility index (Phi) is 4.01. The van der Waals surface area contributed by atoms with E-state index < -0.39 is 0 Å². The van der Waals surface area contributed by atoms with Gasteiger partial charge in [-0.3, -0.25) is 4.79 Å². The number of para-hydroxylation sites is 1. The molecule has 2 rings (SSSR count). The summed E-state index contributed by atoms with van der Waals surface area (Å²) in [6, 6.07) is 7.80. The highest BCUT2D eigenvalue weighted by molar-refractivity contribution is 8.93. The Morgan fingerprint density at radius 2 is 2.13 bits per heavy atom. The van der Waals surface area contributed by atoms with E-state index in [0.717, 1.165) is 10.6 Å². The van der Waals surface area contributed by atoms with Crippen molar-refractivity contribution in [2.45, 2.75) is 10.4 Å². The SMILES string of the molecule is Br.NC(=O)CN1c2ccccc2SC1N. The quantitative estimate of drug-likeness (QED) is 0.849. The molecule has 4 N–H and O–H groups in total. The van der Waals surface area contributed by atoms with E-state index in [1.54, 1.807) is 0 Å². The zero-order chi connectivity index (χ0) is 10.1. The fourth-order valence-corrected chi connectivity index (χ4v) is 2.51. The summed E-state index contributed by atoms with van der Waals surface area (Å²) in [5.74, 6) is -0.363. The molecule has 1 aliphatic rings. The highest BCUT2D eigenvalue weighted by atomic mass is 79.9. The molecule has 15 heavy (non-hydrogen) atoms. The Morgan fingerprint density at radius 3 is 2.80 bits per heavy atom. The first-order valence-electron chi connectivity index (χ1n) is 4.24. The second-order valence-corrected chi connectivity index (χ2v) is 4.23. The van der Waals surface area contributed by atoms with Crippen molar-refractivity contribution in [1.82, 2.24) is 0 Å². The predicted molar refractivity (Wildman–Crippen MR) is 67.1 cm³/mol. The van der Waals surface area contributed by atoms with E-state index in [1.807, 2.05) is 29.2 Å². The Bertz CT molecular complexity index is 374. The summed E-state index contributed by atoms with van der Waals surface area (Å²) in [5, 5.41) is 0. The van der Waals surface area contributed by atoms with Gasteiger partial charge in [0.1, 0.15) is 5.50 Å². The third kappa shape index (κ3) is 2.45. The average Bonchev–Trinajstić information content (AvgIpc) is 2.43. The van der Waals surface area contributed by atoms with Gasteiger partial charge < -0.3 is 16.4 Å². The molecule has 1 aromatic rings. The number of nitrogens with zero attached hydrogens (tertiary/aromatic N) is 1. The largest absolute Gasteiger partial charge is 0.368 e. The monoisotopic (exact) mass is 289 g/mol. The molecule has 0 saturated carbocycles. The van der Waals surface area contributed by atoms with E-state index >= 15 is 0 Å². The number of rotatable bonds is 2. The summed E-state index contributed by atoms with van der Waals surface area (Å²) >= 11 is 1.54. The molecule has 1 unspecified atom stereocenters. The Balaban J connectivity index is 0.00000112. The van der Waals surface area contributed by atoms with E-state index in [4.69, 9.17) is 11.5 Å². The van der Waals surface area contributed by atoms with Crippen LogP contribution in [0.15, 0.2) is 29.2 Å². The fourth-order valence-electron chi connectivity index (χ4n) is 1.47. The lowest BCUT2D eigenvalue weighted by molar-refractivity contribution is -0.116. The van der Waals surface area contributed by atoms with E-state index in [9.17, 15) is 4.79 Å². The number of carbonyl (C=O) groups is 1. The Morgan fingerprint density at radius 1 is 1.47 bits per heavy atom. The normalized spacial score (nSPS) is 18.2. The number of amides is 1. The van der Waals surface area contributed by atoms with Gasteiger partial charge >= 0.3 is 0 Å². The van der Waals surface area contributed by atoms with Crippen molar-refractivity contribution in [1.29, 1.82) is 0 Å². The molecule has 0 radical (unpaired) electrons. The van der Waals surface area contributed by atoms with E-state index in [-0.39, 0.29) is 34.9 Å². The minimum absolute atomic E-state index is 0. The van der Waals surface area contributed by atoms with Gasteiger partial charge in [-0.05, 0) is 12.1 Å². The molecule has 0 spiro atoms. The number of fused-ring (bicyclic) bond motifs is 1. The van der Waals surface area contributed by atoms with Crippen LogP contribution in [0.5, 0.6) is 0 Å². The molecule has 1 aromatic carbocycles. The van der Waals surface area contributed by atoms with Crippen molar-refractivity contribution in [3.05, 3.63) is 24.3 Å². The molecule has 1 amide bonds. The maximum atomic E-state index is 10.8. The summed E-state index contributed by atoms with van der Waals surface area (Å²) in [4.78, 5) is 13.7. The zero-order valence-electron chi connectivity index (χ0n) is 7.92. The van der Waals surface area contributed by atoms with Gasteiger partial charge in [0.2, 0.25) is 5.91 Å². The van der Waals surface area contributed by atoms with Crippen LogP contribution in [0.1, 0.15) is 0 Å². The third-order valence-electron chi connectivity index (χ3n) is 2.06. The molecule has 0 saturated heterocycles. The van der Waals surface area contributed by atoms with Crippen LogP contribution in [-0.2, 0) is 4.79 Å². The van der Waals surface area contributed by atoms with E-state index in [1.165, 1.54) is 11.8 Å². The summed E-state index contributed by atoms with van der Waals surface area (Å²) in [7, 11) is 0. The molecule has 1 atom stereocenters. The lowest BCUT2D eigenvalue weighted by atomic mass is 10.3. The van der Waals surface area contributed by atoms with Gasteiger partial charge in [-0.15, -0.1) is 17.0 Å². The lowest BCUT2D eigenvalue weighted by Crippen LogP contribution is -2.41. The number of hydrogen-bond donors (Lipinski definition) is 2. The molecule has 1 aliphatic heterocycles. The summed E-state index contributed by atoms with van der Waals surface area (Å²) in [6.45, 7) is 0.172. The molecule has 0 fully saturated rings. The number of carbonyl (C=O) groups excluding carboxylic acids is 1. The number of nitrogens with two attached hydrogens (primary N) is 2. The van der Waals surface area contributed by atoms with Crippen LogP contribution < -0.4 is 16.4 Å². The van der Waals surface area contributed by atoms with Crippen molar-refractivity contribution in [3.63, 3.8) is 0 Å². The summed E-state index contributed by atoms with van der Waals surface area (Å²) in [6.07, 6.45) is 0. The van der Waals surface area contributed by atoms with E-state index in [0.29, 0.717) is 0 Å². The zero-order valence-corrected chi connectivity index (χ0v) is 10.5. The highest BCUT2D eigenvalue weighted by Gasteiger charge is 2.27. The predicted octanol–water partition coefficient (Wildman–Crippen LogP) is 0.904. The van der Waals surface area contributed by atoms with Crippen LogP contribution in [-0.4, -0.2) is 17.9 Å². The van der Waals surface area contributed by atoms with Crippen molar-refractivity contribution in [2.24, 2.45) is 11.5 Å². The first-order chi connectivity index (χ1) is 6.68. The molecular formula is C9H12BrN3OS. The smallest absolute Gasteiger partial charge is 0.237 e. The second kappa shape index (κ2) is 4.87. The third-order valence-corrected chi connectivity index (χ3v) is 3.15. The van der Waals surface area contributed by atoms with Crippen molar-refractivity contribution < 1.29 is 4.79 Å². The van der Waals surface area contributed by atoms with Gasteiger partial charge in [0.15, 0.2) is 0 Å². The first kappa shape index (κ1) is 12.4. The number of anilines is 1. The molecule has 82 valence electrons. The van der Waals surface area contributed by atoms with Crippen molar-refractivity contribution in [3.8, 4) is 0 Å². The van der Waals surface area contributed by atoms with Crippen LogP contribution in [0.4, 0.5) is 5.69 Å². The minimum Gasteiger partial charge on any atom is -0.368 e. The molecule has 4 nitrogen and oxygen atoms in total. The Hall–Kier alpha value is -0.720. The number of benzene rings is 1. The van der Waals surface area contributed by atoms with Gasteiger partial charge in [-0.1, -0.05) is 23.9 Å². The molecule has 1 heterocycles. The van der Waals surface area contributed by atoms with Crippen LogP contribution in [0, 0.1) is 0 Å². The molecular weight excluding hydrogens is 278 g/mol. The number of hydrogen-bond acceptors (Lipinski definition) is 4. The number of primary amides is 1. The molecule has 0 bridgehead atoms. The standard InChI is InChI=1S/C9H11N3OS.BrH/c10-8(13)5-12-6-3-1-2-4-7(6)14-9(12)11;/h1-4,9H,5,11H2,(H2,10,13);1H. The fraction of sp³-hybridized carbons (Fsp3) is 0.222. The lowest BCUT2D eigenvalue weighted by Gasteiger charge is -2.21. The van der Waals surface area contributed by atoms with Gasteiger partial charge in [0, 0.05) is 4.90 Å². The minimum atomic E-state index is -0.363.